The molecule has 114 valence electrons. The molecule has 0 aromatic heterocycles. The molecule has 1 heterocycles. The van der Waals surface area contributed by atoms with Gasteiger partial charge >= 0.3 is 0 Å². The van der Waals surface area contributed by atoms with Gasteiger partial charge in [-0.25, -0.2) is 4.39 Å². The van der Waals surface area contributed by atoms with Crippen molar-refractivity contribution in [3.05, 3.63) is 46.8 Å². The van der Waals surface area contributed by atoms with E-state index in [9.17, 15) is 4.39 Å². The number of nitrogens with one attached hydrogen (secondary N) is 1. The van der Waals surface area contributed by atoms with Crippen molar-refractivity contribution in [3.8, 4) is 0 Å². The highest BCUT2D eigenvalue weighted by atomic mass is 35.5. The number of nitrogens with zero attached hydrogens (tertiary/aromatic N) is 1. The maximum absolute atomic E-state index is 14.0. The van der Waals surface area contributed by atoms with Gasteiger partial charge in [0.25, 0.3) is 0 Å². The van der Waals surface area contributed by atoms with E-state index in [1.54, 1.807) is 12.1 Å². The van der Waals surface area contributed by atoms with E-state index in [4.69, 9.17) is 11.6 Å². The monoisotopic (exact) mass is 340 g/mol. The van der Waals surface area contributed by atoms with E-state index in [1.807, 2.05) is 6.92 Å². The standard InChI is InChI=1S/C14H18ClFN2.2ClH/c1-3-12(18-8-6-17-7-9-18)13-11(16)5-4-10(2)14(13)15;;/h3-5,12,17H,1,6-9H2,2H3;2*1H/t12-;;/m1../s1. The first kappa shape index (κ1) is 19.7. The molecule has 1 saturated heterocycles. The zero-order valence-electron chi connectivity index (χ0n) is 11.4. The second-order valence-corrected chi connectivity index (χ2v) is 4.94. The normalized spacial score (nSPS) is 16.8. The largest absolute Gasteiger partial charge is 0.314 e. The maximum atomic E-state index is 14.0. The third-order valence-corrected chi connectivity index (χ3v) is 3.89. The first-order valence-electron chi connectivity index (χ1n) is 6.17. The van der Waals surface area contributed by atoms with Gasteiger partial charge in [-0.15, -0.1) is 31.4 Å². The Morgan fingerprint density at radius 3 is 2.50 bits per heavy atom. The molecule has 0 amide bonds. The van der Waals surface area contributed by atoms with Gasteiger partial charge in [0.05, 0.1) is 11.1 Å². The van der Waals surface area contributed by atoms with Crippen LogP contribution in [-0.2, 0) is 0 Å². The number of piperazine rings is 1. The van der Waals surface area contributed by atoms with Crippen LogP contribution in [0.4, 0.5) is 4.39 Å². The predicted octanol–water partition coefficient (Wildman–Crippen LogP) is 3.76. The lowest BCUT2D eigenvalue weighted by Crippen LogP contribution is -2.44. The SMILES string of the molecule is C=C[C@H](c1c(F)ccc(C)c1Cl)N1CCNCC1.Cl.Cl. The first-order valence-corrected chi connectivity index (χ1v) is 6.54. The molecule has 1 aromatic rings. The van der Waals surface area contributed by atoms with Gasteiger partial charge in [-0.05, 0) is 18.6 Å². The van der Waals surface area contributed by atoms with Crippen LogP contribution in [0.2, 0.25) is 5.02 Å². The summed E-state index contributed by atoms with van der Waals surface area (Å²) < 4.78 is 14.0. The summed E-state index contributed by atoms with van der Waals surface area (Å²) in [7, 11) is 0. The lowest BCUT2D eigenvalue weighted by atomic mass is 10.0. The minimum absolute atomic E-state index is 0. The first-order chi connectivity index (χ1) is 8.65. The summed E-state index contributed by atoms with van der Waals surface area (Å²) in [5.41, 5.74) is 1.45. The van der Waals surface area contributed by atoms with Gasteiger partial charge in [0.2, 0.25) is 0 Å². The molecule has 0 unspecified atom stereocenters. The quantitative estimate of drug-likeness (QED) is 0.842. The number of aryl methyl sites for hydroxylation is 1. The van der Waals surface area contributed by atoms with Crippen molar-refractivity contribution in [2.24, 2.45) is 0 Å². The number of rotatable bonds is 3. The summed E-state index contributed by atoms with van der Waals surface area (Å²) in [6.07, 6.45) is 1.77. The fourth-order valence-corrected chi connectivity index (χ4v) is 2.62. The number of halogens is 4. The Labute approximate surface area is 137 Å². The van der Waals surface area contributed by atoms with Crippen LogP contribution in [0.5, 0.6) is 0 Å². The second kappa shape index (κ2) is 8.85. The minimum atomic E-state index is -0.256. The lowest BCUT2D eigenvalue weighted by molar-refractivity contribution is 0.200. The summed E-state index contributed by atoms with van der Waals surface area (Å²) in [4.78, 5) is 2.20. The third-order valence-electron chi connectivity index (χ3n) is 3.38. The summed E-state index contributed by atoms with van der Waals surface area (Å²) in [5, 5.41) is 3.80. The fourth-order valence-electron chi connectivity index (χ4n) is 2.36. The Kier molecular flexibility index (Phi) is 8.71. The van der Waals surface area contributed by atoms with Crippen LogP contribution in [0.15, 0.2) is 24.8 Å². The summed E-state index contributed by atoms with van der Waals surface area (Å²) in [6, 6.07) is 3.04. The topological polar surface area (TPSA) is 15.3 Å². The molecule has 0 bridgehead atoms. The summed E-state index contributed by atoms with van der Waals surface area (Å²) in [6.45, 7) is 9.30. The molecule has 2 rings (SSSR count). The molecule has 6 heteroatoms. The van der Waals surface area contributed by atoms with Gasteiger partial charge in [-0.2, -0.15) is 0 Å². The van der Waals surface area contributed by atoms with Crippen molar-refractivity contribution in [1.82, 2.24) is 10.2 Å². The molecule has 1 aliphatic heterocycles. The van der Waals surface area contributed by atoms with E-state index in [0.717, 1.165) is 31.7 Å². The van der Waals surface area contributed by atoms with Gasteiger partial charge in [-0.3, -0.25) is 4.90 Å². The summed E-state index contributed by atoms with van der Waals surface area (Å²) in [5.74, 6) is -0.256. The van der Waals surface area contributed by atoms with E-state index in [2.05, 4.69) is 16.8 Å². The van der Waals surface area contributed by atoms with E-state index >= 15 is 0 Å². The molecular formula is C14H20Cl3FN2. The Morgan fingerprint density at radius 2 is 1.95 bits per heavy atom. The minimum Gasteiger partial charge on any atom is -0.314 e. The van der Waals surface area contributed by atoms with Crippen molar-refractivity contribution in [2.75, 3.05) is 26.2 Å². The number of hydrogen-bond donors (Lipinski definition) is 1. The van der Waals surface area contributed by atoms with Crippen LogP contribution < -0.4 is 5.32 Å². The van der Waals surface area contributed by atoms with Gasteiger partial charge in [-0.1, -0.05) is 23.7 Å². The molecule has 0 aliphatic carbocycles. The molecule has 2 nitrogen and oxygen atoms in total. The summed E-state index contributed by atoms with van der Waals surface area (Å²) >= 11 is 6.26. The molecule has 1 fully saturated rings. The molecule has 0 saturated carbocycles. The van der Waals surface area contributed by atoms with Crippen molar-refractivity contribution in [3.63, 3.8) is 0 Å². The molecule has 1 atom stereocenters. The number of hydrogen-bond acceptors (Lipinski definition) is 2. The van der Waals surface area contributed by atoms with Gasteiger partial charge < -0.3 is 5.32 Å². The number of benzene rings is 1. The van der Waals surface area contributed by atoms with Crippen LogP contribution in [0.3, 0.4) is 0 Å². The molecule has 0 spiro atoms. The molecule has 0 radical (unpaired) electrons. The second-order valence-electron chi connectivity index (χ2n) is 4.56. The molecule has 1 aromatic carbocycles. The highest BCUT2D eigenvalue weighted by Crippen LogP contribution is 2.33. The molecule has 20 heavy (non-hydrogen) atoms. The lowest BCUT2D eigenvalue weighted by Gasteiger charge is -2.34. The van der Waals surface area contributed by atoms with E-state index in [1.165, 1.54) is 6.07 Å². The van der Waals surface area contributed by atoms with Crippen molar-refractivity contribution in [1.29, 1.82) is 0 Å². The van der Waals surface area contributed by atoms with Gasteiger partial charge in [0.1, 0.15) is 5.82 Å². The zero-order chi connectivity index (χ0) is 13.1. The maximum Gasteiger partial charge on any atom is 0.129 e. The van der Waals surface area contributed by atoms with Crippen LogP contribution in [-0.4, -0.2) is 31.1 Å². The fraction of sp³-hybridized carbons (Fsp3) is 0.429. The van der Waals surface area contributed by atoms with E-state index in [0.29, 0.717) is 10.6 Å². The van der Waals surface area contributed by atoms with Crippen LogP contribution in [0.25, 0.3) is 0 Å². The van der Waals surface area contributed by atoms with E-state index in [-0.39, 0.29) is 36.7 Å². The molecule has 1 N–H and O–H groups in total. The molecular weight excluding hydrogens is 322 g/mol. The van der Waals surface area contributed by atoms with Crippen LogP contribution >= 0.6 is 36.4 Å². The smallest absolute Gasteiger partial charge is 0.129 e. The van der Waals surface area contributed by atoms with Crippen molar-refractivity contribution in [2.45, 2.75) is 13.0 Å². The highest BCUT2D eigenvalue weighted by molar-refractivity contribution is 6.32. The van der Waals surface area contributed by atoms with Crippen molar-refractivity contribution < 1.29 is 4.39 Å². The van der Waals surface area contributed by atoms with Gasteiger partial charge in [0.15, 0.2) is 0 Å². The van der Waals surface area contributed by atoms with Crippen LogP contribution in [0.1, 0.15) is 17.2 Å². The van der Waals surface area contributed by atoms with Gasteiger partial charge in [0, 0.05) is 31.7 Å². The Bertz CT molecular complexity index is 448. The third kappa shape index (κ3) is 4.09. The van der Waals surface area contributed by atoms with E-state index < -0.39 is 0 Å². The Morgan fingerprint density at radius 1 is 1.35 bits per heavy atom. The predicted molar refractivity (Wildman–Crippen MR) is 88.0 cm³/mol. The Balaban J connectivity index is 0.00000180. The average Bonchev–Trinajstić information content (AvgIpc) is 2.40. The molecule has 1 aliphatic rings. The Hall–Kier alpha value is -0.320. The van der Waals surface area contributed by atoms with Crippen LogP contribution in [0, 0.1) is 12.7 Å². The zero-order valence-corrected chi connectivity index (χ0v) is 13.8. The van der Waals surface area contributed by atoms with Crippen molar-refractivity contribution >= 4 is 36.4 Å². The average molecular weight is 342 g/mol. The highest BCUT2D eigenvalue weighted by Gasteiger charge is 2.24.